The number of rotatable bonds is 3. The normalized spacial score (nSPS) is 18.1. The Bertz CT molecular complexity index is 487. The number of carbonyl (C=O) groups excluding carboxylic acids is 1. The van der Waals surface area contributed by atoms with Gasteiger partial charge in [-0.05, 0) is 31.5 Å². The average molecular weight is 296 g/mol. The van der Waals surface area contributed by atoms with Gasteiger partial charge in [0, 0.05) is 42.7 Å². The molecular formula is C15H21FN2OS. The number of benzene rings is 1. The van der Waals surface area contributed by atoms with E-state index in [1.165, 1.54) is 18.2 Å². The molecule has 0 aromatic heterocycles. The molecule has 0 radical (unpaired) electrons. The zero-order chi connectivity index (χ0) is 14.7. The Hall–Kier alpha value is -1.07. The first-order valence-corrected chi connectivity index (χ1v) is 7.49. The van der Waals surface area contributed by atoms with Crippen molar-refractivity contribution in [2.75, 3.05) is 26.2 Å². The summed E-state index contributed by atoms with van der Waals surface area (Å²) in [6, 6.07) is 4.88. The van der Waals surface area contributed by atoms with E-state index in [1.807, 2.05) is 4.90 Å². The molecule has 1 aliphatic rings. The number of halogens is 1. The van der Waals surface area contributed by atoms with Crippen LogP contribution in [0, 0.1) is 5.82 Å². The topological polar surface area (TPSA) is 23.6 Å². The van der Waals surface area contributed by atoms with Crippen LogP contribution in [0.3, 0.4) is 0 Å². The molecule has 1 atom stereocenters. The third kappa shape index (κ3) is 3.33. The molecule has 3 nitrogen and oxygen atoms in total. The number of piperazine rings is 1. The van der Waals surface area contributed by atoms with Gasteiger partial charge < -0.3 is 4.90 Å². The van der Waals surface area contributed by atoms with Crippen LogP contribution in [0.15, 0.2) is 23.1 Å². The van der Waals surface area contributed by atoms with Crippen molar-refractivity contribution in [2.24, 2.45) is 0 Å². The first-order chi connectivity index (χ1) is 9.52. The van der Waals surface area contributed by atoms with Gasteiger partial charge in [0.1, 0.15) is 5.82 Å². The van der Waals surface area contributed by atoms with Crippen LogP contribution in [0.25, 0.3) is 0 Å². The lowest BCUT2D eigenvalue weighted by Gasteiger charge is -2.37. The number of amides is 1. The zero-order valence-corrected chi connectivity index (χ0v) is 12.9. The number of carbonyl (C=O) groups is 1. The summed E-state index contributed by atoms with van der Waals surface area (Å²) in [5.41, 5.74) is 0.508. The lowest BCUT2D eigenvalue weighted by atomic mass is 10.1. The Kier molecular flexibility index (Phi) is 5.05. The lowest BCUT2D eigenvalue weighted by Crippen LogP contribution is -2.51. The van der Waals surface area contributed by atoms with E-state index in [4.69, 9.17) is 0 Å². The summed E-state index contributed by atoms with van der Waals surface area (Å²) in [7, 11) is 0. The highest BCUT2D eigenvalue weighted by Crippen LogP contribution is 2.17. The molecule has 1 unspecified atom stereocenters. The molecule has 1 saturated heterocycles. The van der Waals surface area contributed by atoms with Crippen LogP contribution in [0.1, 0.15) is 30.6 Å². The fraction of sp³-hybridized carbons (Fsp3) is 0.533. The third-order valence-electron chi connectivity index (χ3n) is 4.01. The van der Waals surface area contributed by atoms with Crippen molar-refractivity contribution in [1.82, 2.24) is 9.80 Å². The second-order valence-electron chi connectivity index (χ2n) is 5.25. The molecule has 0 spiro atoms. The molecule has 1 aromatic rings. The second kappa shape index (κ2) is 6.59. The van der Waals surface area contributed by atoms with E-state index in [0.29, 0.717) is 11.6 Å². The predicted octanol–water partition coefficient (Wildman–Crippen LogP) is 2.67. The van der Waals surface area contributed by atoms with Crippen LogP contribution >= 0.6 is 12.6 Å². The minimum Gasteiger partial charge on any atom is -0.336 e. The van der Waals surface area contributed by atoms with Gasteiger partial charge in [-0.1, -0.05) is 6.92 Å². The summed E-state index contributed by atoms with van der Waals surface area (Å²) in [5.74, 6) is -0.435. The molecule has 0 saturated carbocycles. The summed E-state index contributed by atoms with van der Waals surface area (Å²) >= 11 is 4.03. The zero-order valence-electron chi connectivity index (χ0n) is 12.0. The fourth-order valence-corrected chi connectivity index (χ4v) is 2.67. The van der Waals surface area contributed by atoms with Gasteiger partial charge in [-0.15, -0.1) is 12.6 Å². The summed E-state index contributed by atoms with van der Waals surface area (Å²) < 4.78 is 13.2. The predicted molar refractivity (Wildman–Crippen MR) is 80.9 cm³/mol. The van der Waals surface area contributed by atoms with Crippen molar-refractivity contribution >= 4 is 18.5 Å². The van der Waals surface area contributed by atoms with Gasteiger partial charge in [0.2, 0.25) is 0 Å². The van der Waals surface area contributed by atoms with Gasteiger partial charge in [0.05, 0.1) is 0 Å². The molecular weight excluding hydrogens is 275 g/mol. The summed E-state index contributed by atoms with van der Waals surface area (Å²) in [6.45, 7) is 7.63. The maximum Gasteiger partial charge on any atom is 0.253 e. The molecule has 1 aliphatic heterocycles. The highest BCUT2D eigenvalue weighted by Gasteiger charge is 2.24. The van der Waals surface area contributed by atoms with Crippen molar-refractivity contribution in [3.63, 3.8) is 0 Å². The molecule has 2 rings (SSSR count). The van der Waals surface area contributed by atoms with Crippen molar-refractivity contribution in [3.05, 3.63) is 29.6 Å². The van der Waals surface area contributed by atoms with E-state index in [1.54, 1.807) is 0 Å². The van der Waals surface area contributed by atoms with Crippen molar-refractivity contribution < 1.29 is 9.18 Å². The van der Waals surface area contributed by atoms with Crippen molar-refractivity contribution in [2.45, 2.75) is 31.2 Å². The highest BCUT2D eigenvalue weighted by molar-refractivity contribution is 7.80. The molecule has 110 valence electrons. The average Bonchev–Trinajstić information content (AvgIpc) is 2.48. The number of hydrogen-bond donors (Lipinski definition) is 1. The first-order valence-electron chi connectivity index (χ1n) is 7.04. The van der Waals surface area contributed by atoms with E-state index >= 15 is 0 Å². The monoisotopic (exact) mass is 296 g/mol. The van der Waals surface area contributed by atoms with Gasteiger partial charge in [0.25, 0.3) is 5.91 Å². The largest absolute Gasteiger partial charge is 0.336 e. The van der Waals surface area contributed by atoms with Gasteiger partial charge in [-0.2, -0.15) is 0 Å². The van der Waals surface area contributed by atoms with Gasteiger partial charge in [-0.25, -0.2) is 4.39 Å². The minimum atomic E-state index is -0.397. The Labute approximate surface area is 125 Å². The van der Waals surface area contributed by atoms with Gasteiger partial charge in [-0.3, -0.25) is 9.69 Å². The molecule has 0 aliphatic carbocycles. The minimum absolute atomic E-state index is 0.0379. The third-order valence-corrected chi connectivity index (χ3v) is 4.35. The van der Waals surface area contributed by atoms with E-state index in [-0.39, 0.29) is 10.8 Å². The van der Waals surface area contributed by atoms with E-state index in [9.17, 15) is 9.18 Å². The molecule has 1 heterocycles. The van der Waals surface area contributed by atoms with E-state index in [0.717, 1.165) is 32.6 Å². The quantitative estimate of drug-likeness (QED) is 0.867. The van der Waals surface area contributed by atoms with Gasteiger partial charge >= 0.3 is 0 Å². The molecule has 5 heteroatoms. The second-order valence-corrected chi connectivity index (χ2v) is 5.73. The first kappa shape index (κ1) is 15.3. The lowest BCUT2D eigenvalue weighted by molar-refractivity contribution is 0.0579. The van der Waals surface area contributed by atoms with Crippen molar-refractivity contribution in [3.8, 4) is 0 Å². The van der Waals surface area contributed by atoms with E-state index < -0.39 is 5.82 Å². The molecule has 1 aromatic carbocycles. The van der Waals surface area contributed by atoms with E-state index in [2.05, 4.69) is 31.4 Å². The van der Waals surface area contributed by atoms with Crippen LogP contribution < -0.4 is 0 Å². The fourth-order valence-electron chi connectivity index (χ4n) is 2.45. The number of thiol groups is 1. The van der Waals surface area contributed by atoms with Crippen LogP contribution in [-0.4, -0.2) is 47.9 Å². The maximum absolute atomic E-state index is 13.2. The number of hydrogen-bond acceptors (Lipinski definition) is 3. The molecule has 20 heavy (non-hydrogen) atoms. The summed E-state index contributed by atoms with van der Waals surface area (Å²) in [5, 5.41) is 0. The summed E-state index contributed by atoms with van der Waals surface area (Å²) in [4.78, 5) is 16.8. The Balaban J connectivity index is 1.99. The molecule has 1 amide bonds. The molecule has 0 N–H and O–H groups in total. The maximum atomic E-state index is 13.2. The standard InChI is InChI=1S/C15H21FN2OS/c1-3-11(2)17-6-8-18(9-7-17)15(19)12-4-5-13(16)14(20)10-12/h4-5,10-11,20H,3,6-9H2,1-2H3. The Morgan fingerprint density at radius 3 is 2.55 bits per heavy atom. The van der Waals surface area contributed by atoms with Crippen LogP contribution in [0.4, 0.5) is 4.39 Å². The van der Waals surface area contributed by atoms with Crippen LogP contribution in [-0.2, 0) is 0 Å². The highest BCUT2D eigenvalue weighted by atomic mass is 32.1. The van der Waals surface area contributed by atoms with Crippen LogP contribution in [0.2, 0.25) is 0 Å². The van der Waals surface area contributed by atoms with Crippen molar-refractivity contribution in [1.29, 1.82) is 0 Å². The van der Waals surface area contributed by atoms with Crippen LogP contribution in [0.5, 0.6) is 0 Å². The Morgan fingerprint density at radius 1 is 1.35 bits per heavy atom. The molecule has 1 fully saturated rings. The van der Waals surface area contributed by atoms with Gasteiger partial charge in [0.15, 0.2) is 0 Å². The molecule has 0 bridgehead atoms. The smallest absolute Gasteiger partial charge is 0.253 e. The number of nitrogens with zero attached hydrogens (tertiary/aromatic N) is 2. The summed E-state index contributed by atoms with van der Waals surface area (Å²) in [6.07, 6.45) is 1.12. The SMILES string of the molecule is CCC(C)N1CCN(C(=O)c2ccc(F)c(S)c2)CC1. The Morgan fingerprint density at radius 2 is 2.00 bits per heavy atom.